The van der Waals surface area contributed by atoms with Crippen molar-refractivity contribution in [3.63, 3.8) is 0 Å². The van der Waals surface area contributed by atoms with Gasteiger partial charge in [-0.3, -0.25) is 0 Å². The van der Waals surface area contributed by atoms with E-state index in [0.29, 0.717) is 12.3 Å². The molecule has 0 amide bonds. The Morgan fingerprint density at radius 3 is 2.95 bits per heavy atom. The van der Waals surface area contributed by atoms with Crippen LogP contribution in [0.5, 0.6) is 0 Å². The minimum Gasteiger partial charge on any atom is -0.338 e. The van der Waals surface area contributed by atoms with Crippen molar-refractivity contribution in [2.75, 3.05) is 19.6 Å². The number of likely N-dealkylation sites (tertiary alicyclic amines) is 1. The van der Waals surface area contributed by atoms with Gasteiger partial charge in [0.15, 0.2) is 0 Å². The summed E-state index contributed by atoms with van der Waals surface area (Å²) in [6, 6.07) is 2.28. The minimum atomic E-state index is 0.237. The first-order valence-electron chi connectivity index (χ1n) is 8.06. The number of hydrogen-bond acceptors (Lipinski definition) is 3. The van der Waals surface area contributed by atoms with Crippen LogP contribution in [0.2, 0.25) is 0 Å². The molecule has 1 saturated heterocycles. The molecule has 0 radical (unpaired) electrons. The summed E-state index contributed by atoms with van der Waals surface area (Å²) in [6.07, 6.45) is 9.24. The Morgan fingerprint density at radius 1 is 1.48 bits per heavy atom. The number of rotatable bonds is 6. The molecular weight excluding hydrogens is 260 g/mol. The van der Waals surface area contributed by atoms with Gasteiger partial charge in [-0.05, 0) is 37.1 Å². The van der Waals surface area contributed by atoms with Gasteiger partial charge in [-0.2, -0.15) is 5.26 Å². The molecule has 1 fully saturated rings. The number of hydrogen-bond donors (Lipinski definition) is 0. The van der Waals surface area contributed by atoms with Crippen molar-refractivity contribution >= 4 is 0 Å². The Morgan fingerprint density at radius 2 is 2.29 bits per heavy atom. The summed E-state index contributed by atoms with van der Waals surface area (Å²) in [4.78, 5) is 7.05. The van der Waals surface area contributed by atoms with Gasteiger partial charge in [-0.25, -0.2) is 4.98 Å². The van der Waals surface area contributed by atoms with E-state index in [4.69, 9.17) is 5.26 Å². The second-order valence-electron chi connectivity index (χ2n) is 7.22. The minimum absolute atomic E-state index is 0.237. The number of nitriles is 1. The Hall–Kier alpha value is -1.34. The first-order chi connectivity index (χ1) is 10.00. The van der Waals surface area contributed by atoms with Gasteiger partial charge in [0.2, 0.25) is 0 Å². The lowest BCUT2D eigenvalue weighted by atomic mass is 9.85. The number of piperidine rings is 1. The van der Waals surface area contributed by atoms with Crippen molar-refractivity contribution in [2.24, 2.45) is 18.4 Å². The van der Waals surface area contributed by atoms with Gasteiger partial charge in [0.05, 0.1) is 6.07 Å². The summed E-state index contributed by atoms with van der Waals surface area (Å²) in [6.45, 7) is 8.04. The van der Waals surface area contributed by atoms with E-state index >= 15 is 0 Å². The molecule has 1 aliphatic heterocycles. The van der Waals surface area contributed by atoms with Crippen molar-refractivity contribution in [1.82, 2.24) is 14.5 Å². The van der Waals surface area contributed by atoms with Gasteiger partial charge in [-0.1, -0.05) is 13.8 Å². The molecule has 4 nitrogen and oxygen atoms in total. The van der Waals surface area contributed by atoms with Crippen LogP contribution in [0.4, 0.5) is 0 Å². The fourth-order valence-electron chi connectivity index (χ4n) is 3.39. The van der Waals surface area contributed by atoms with E-state index in [1.165, 1.54) is 31.8 Å². The average Bonchev–Trinajstić information content (AvgIpc) is 2.82. The quantitative estimate of drug-likeness (QED) is 0.808. The van der Waals surface area contributed by atoms with Crippen LogP contribution in [-0.4, -0.2) is 34.1 Å². The molecule has 21 heavy (non-hydrogen) atoms. The van der Waals surface area contributed by atoms with E-state index in [2.05, 4.69) is 41.4 Å². The summed E-state index contributed by atoms with van der Waals surface area (Å²) in [5.74, 6) is 1.91. The van der Waals surface area contributed by atoms with E-state index in [9.17, 15) is 0 Å². The monoisotopic (exact) mass is 288 g/mol. The second kappa shape index (κ2) is 7.09. The highest BCUT2D eigenvalue weighted by Gasteiger charge is 2.26. The van der Waals surface area contributed by atoms with Crippen LogP contribution in [0.3, 0.4) is 0 Å². The van der Waals surface area contributed by atoms with Gasteiger partial charge in [0.25, 0.3) is 0 Å². The maximum Gasteiger partial charge on any atom is 0.108 e. The second-order valence-corrected chi connectivity index (χ2v) is 7.22. The predicted octanol–water partition coefficient (Wildman–Crippen LogP) is 3.00. The molecule has 1 aliphatic rings. The molecule has 116 valence electrons. The van der Waals surface area contributed by atoms with E-state index in [1.807, 2.05) is 12.4 Å². The smallest absolute Gasteiger partial charge is 0.108 e. The fraction of sp³-hybridized carbons (Fsp3) is 0.765. The molecule has 0 aromatic carbocycles. The zero-order valence-electron chi connectivity index (χ0n) is 13.7. The summed E-state index contributed by atoms with van der Waals surface area (Å²) >= 11 is 0. The van der Waals surface area contributed by atoms with Gasteiger partial charge in [0, 0.05) is 45.4 Å². The lowest BCUT2D eigenvalue weighted by Gasteiger charge is -2.38. The highest BCUT2D eigenvalue weighted by Crippen LogP contribution is 2.27. The van der Waals surface area contributed by atoms with E-state index in [-0.39, 0.29) is 5.41 Å². The van der Waals surface area contributed by atoms with Crippen LogP contribution >= 0.6 is 0 Å². The van der Waals surface area contributed by atoms with Crippen LogP contribution in [0, 0.1) is 22.7 Å². The first-order valence-corrected chi connectivity index (χ1v) is 8.06. The van der Waals surface area contributed by atoms with Crippen LogP contribution in [0.1, 0.15) is 45.4 Å². The molecule has 0 saturated carbocycles. The Labute approximate surface area is 128 Å². The van der Waals surface area contributed by atoms with E-state index in [1.54, 1.807) is 0 Å². The lowest BCUT2D eigenvalue weighted by Crippen LogP contribution is -2.41. The van der Waals surface area contributed by atoms with Crippen molar-refractivity contribution in [1.29, 1.82) is 5.26 Å². The SMILES string of the molecule is Cn1ccnc1CC1CCCN(CC(C)(C)CCC#N)C1. The topological polar surface area (TPSA) is 44.9 Å². The highest BCUT2D eigenvalue weighted by molar-refractivity contribution is 4.94. The van der Waals surface area contributed by atoms with E-state index in [0.717, 1.165) is 19.4 Å². The summed E-state index contributed by atoms with van der Waals surface area (Å²) < 4.78 is 2.13. The molecule has 0 bridgehead atoms. The molecule has 2 rings (SSSR count). The van der Waals surface area contributed by atoms with Crippen molar-refractivity contribution in [3.05, 3.63) is 18.2 Å². The van der Waals surface area contributed by atoms with Crippen molar-refractivity contribution < 1.29 is 0 Å². The maximum atomic E-state index is 8.77. The largest absolute Gasteiger partial charge is 0.338 e. The summed E-state index contributed by atoms with van der Waals surface area (Å²) in [7, 11) is 2.08. The molecule has 0 spiro atoms. The molecule has 4 heteroatoms. The average molecular weight is 288 g/mol. The fourth-order valence-corrected chi connectivity index (χ4v) is 3.39. The number of aryl methyl sites for hydroxylation is 1. The summed E-state index contributed by atoms with van der Waals surface area (Å²) in [5.41, 5.74) is 0.237. The molecule has 0 aliphatic carbocycles. The third-order valence-electron chi connectivity index (χ3n) is 4.56. The molecule has 1 atom stereocenters. The van der Waals surface area contributed by atoms with Crippen molar-refractivity contribution in [3.8, 4) is 6.07 Å². The zero-order chi connectivity index (χ0) is 15.3. The predicted molar refractivity (Wildman–Crippen MR) is 84.7 cm³/mol. The lowest BCUT2D eigenvalue weighted by molar-refractivity contribution is 0.115. The van der Waals surface area contributed by atoms with Crippen molar-refractivity contribution in [2.45, 2.75) is 46.0 Å². The molecular formula is C17H28N4. The van der Waals surface area contributed by atoms with Gasteiger partial charge in [0.1, 0.15) is 5.82 Å². The Kier molecular flexibility index (Phi) is 5.41. The Bertz CT molecular complexity index is 483. The standard InChI is InChI=1S/C17H28N4/c1-17(2,7-5-8-18)14-21-10-4-6-15(13-21)12-16-19-9-11-20(16)3/h9,11,15H,4-7,10,12-14H2,1-3H3. The summed E-state index contributed by atoms with van der Waals surface area (Å²) in [5, 5.41) is 8.77. The first kappa shape index (κ1) is 16.0. The maximum absolute atomic E-state index is 8.77. The third kappa shape index (κ3) is 4.86. The Balaban J connectivity index is 1.86. The van der Waals surface area contributed by atoms with Crippen LogP contribution in [0.25, 0.3) is 0 Å². The van der Waals surface area contributed by atoms with E-state index < -0.39 is 0 Å². The van der Waals surface area contributed by atoms with Gasteiger partial charge >= 0.3 is 0 Å². The number of nitrogens with zero attached hydrogens (tertiary/aromatic N) is 4. The van der Waals surface area contributed by atoms with Crippen LogP contribution in [-0.2, 0) is 13.5 Å². The third-order valence-corrected chi connectivity index (χ3v) is 4.56. The molecule has 0 N–H and O–H groups in total. The highest BCUT2D eigenvalue weighted by atomic mass is 15.1. The number of imidazole rings is 1. The normalized spacial score (nSPS) is 20.4. The van der Waals surface area contributed by atoms with Gasteiger partial charge < -0.3 is 9.47 Å². The van der Waals surface area contributed by atoms with Gasteiger partial charge in [-0.15, -0.1) is 0 Å². The molecule has 1 unspecified atom stereocenters. The molecule has 1 aromatic rings. The molecule has 2 heterocycles. The zero-order valence-corrected chi connectivity index (χ0v) is 13.7. The molecule has 1 aromatic heterocycles. The number of aromatic nitrogens is 2. The van der Waals surface area contributed by atoms with Crippen LogP contribution < -0.4 is 0 Å². The van der Waals surface area contributed by atoms with Crippen LogP contribution in [0.15, 0.2) is 12.4 Å².